The van der Waals surface area contributed by atoms with Crippen LogP contribution in [-0.2, 0) is 0 Å². The van der Waals surface area contributed by atoms with Gasteiger partial charge in [0, 0.05) is 11.8 Å². The smallest absolute Gasteiger partial charge is 0.256 e. The van der Waals surface area contributed by atoms with Crippen LogP contribution in [0.5, 0.6) is 0 Å². The number of aryl methyl sites for hydroxylation is 1. The lowest BCUT2D eigenvalue weighted by Gasteiger charge is -2.10. The Morgan fingerprint density at radius 1 is 1.25 bits per heavy atom. The average Bonchev–Trinajstić information content (AvgIpc) is 2.39. The van der Waals surface area contributed by atoms with Gasteiger partial charge in [-0.15, -0.1) is 0 Å². The summed E-state index contributed by atoms with van der Waals surface area (Å²) in [5.41, 5.74) is 6.24. The number of hydrogen-bond acceptors (Lipinski definition) is 2. The third-order valence-electron chi connectivity index (χ3n) is 2.77. The molecule has 0 radical (unpaired) electrons. The van der Waals surface area contributed by atoms with Gasteiger partial charge in [-0.1, -0.05) is 6.07 Å². The molecule has 0 saturated heterocycles. The van der Waals surface area contributed by atoms with Crippen LogP contribution in [0.1, 0.15) is 15.9 Å². The first-order chi connectivity index (χ1) is 9.40. The van der Waals surface area contributed by atoms with Crippen LogP contribution in [0.2, 0.25) is 0 Å². The standard InChI is InChI=1S/C14H11BrF2N2O/c1-7-5-10(17)12(6-9(7)16)19-14(20)8-3-2-4-11(18)13(8)15/h2-6H,18H2,1H3,(H,19,20). The summed E-state index contributed by atoms with van der Waals surface area (Å²) in [7, 11) is 0. The largest absolute Gasteiger partial charge is 0.398 e. The van der Waals surface area contributed by atoms with Gasteiger partial charge in [0.25, 0.3) is 5.91 Å². The van der Waals surface area contributed by atoms with Crippen molar-refractivity contribution in [3.8, 4) is 0 Å². The number of nitrogens with two attached hydrogens (primary N) is 1. The minimum absolute atomic E-state index is 0.172. The van der Waals surface area contributed by atoms with E-state index >= 15 is 0 Å². The van der Waals surface area contributed by atoms with Gasteiger partial charge in [0.2, 0.25) is 0 Å². The summed E-state index contributed by atoms with van der Waals surface area (Å²) in [4.78, 5) is 12.0. The molecule has 0 bridgehead atoms. The number of amides is 1. The predicted octanol–water partition coefficient (Wildman–Crippen LogP) is 3.87. The van der Waals surface area contributed by atoms with E-state index in [-0.39, 0.29) is 16.8 Å². The Kier molecular flexibility index (Phi) is 4.04. The Hall–Kier alpha value is -1.95. The highest BCUT2D eigenvalue weighted by Crippen LogP contribution is 2.25. The molecule has 2 rings (SSSR count). The van der Waals surface area contributed by atoms with Crippen molar-refractivity contribution < 1.29 is 13.6 Å². The van der Waals surface area contributed by atoms with Gasteiger partial charge in [0.1, 0.15) is 11.6 Å². The zero-order valence-corrected chi connectivity index (χ0v) is 12.1. The van der Waals surface area contributed by atoms with Crippen molar-refractivity contribution in [3.05, 3.63) is 57.6 Å². The molecule has 0 unspecified atom stereocenters. The number of carbonyl (C=O) groups excluding carboxylic acids is 1. The zero-order chi connectivity index (χ0) is 14.9. The molecule has 1 amide bonds. The fourth-order valence-electron chi connectivity index (χ4n) is 1.66. The van der Waals surface area contributed by atoms with Crippen molar-refractivity contribution in [1.29, 1.82) is 0 Å². The van der Waals surface area contributed by atoms with Crippen LogP contribution in [0.25, 0.3) is 0 Å². The van der Waals surface area contributed by atoms with Gasteiger partial charge >= 0.3 is 0 Å². The molecular formula is C14H11BrF2N2O. The van der Waals surface area contributed by atoms with Crippen LogP contribution in [0.3, 0.4) is 0 Å². The Morgan fingerprint density at radius 3 is 2.65 bits per heavy atom. The summed E-state index contributed by atoms with van der Waals surface area (Å²) in [6.45, 7) is 1.44. The summed E-state index contributed by atoms with van der Waals surface area (Å²) >= 11 is 3.19. The average molecular weight is 341 g/mol. The van der Waals surface area contributed by atoms with Crippen LogP contribution in [0.15, 0.2) is 34.8 Å². The molecule has 0 heterocycles. The highest BCUT2D eigenvalue weighted by Gasteiger charge is 2.15. The Balaban J connectivity index is 2.33. The molecule has 0 aliphatic rings. The quantitative estimate of drug-likeness (QED) is 0.815. The van der Waals surface area contributed by atoms with Crippen molar-refractivity contribution in [1.82, 2.24) is 0 Å². The molecule has 6 heteroatoms. The van der Waals surface area contributed by atoms with E-state index in [1.54, 1.807) is 12.1 Å². The molecule has 0 aliphatic heterocycles. The van der Waals surface area contributed by atoms with Gasteiger partial charge < -0.3 is 11.1 Å². The molecule has 20 heavy (non-hydrogen) atoms. The third-order valence-corrected chi connectivity index (χ3v) is 3.65. The van der Waals surface area contributed by atoms with Gasteiger partial charge in [-0.2, -0.15) is 0 Å². The predicted molar refractivity (Wildman–Crippen MR) is 77.6 cm³/mol. The van der Waals surface area contributed by atoms with Gasteiger partial charge in [-0.05, 0) is 46.6 Å². The van der Waals surface area contributed by atoms with Crippen LogP contribution in [0, 0.1) is 18.6 Å². The Labute approximate surface area is 122 Å². The van der Waals surface area contributed by atoms with Crippen molar-refractivity contribution >= 4 is 33.2 Å². The van der Waals surface area contributed by atoms with E-state index in [4.69, 9.17) is 5.73 Å². The Morgan fingerprint density at radius 2 is 1.95 bits per heavy atom. The van der Waals surface area contributed by atoms with E-state index in [9.17, 15) is 13.6 Å². The molecule has 0 atom stereocenters. The minimum atomic E-state index is -0.697. The van der Waals surface area contributed by atoms with Crippen LogP contribution < -0.4 is 11.1 Å². The van der Waals surface area contributed by atoms with Crippen molar-refractivity contribution in [2.45, 2.75) is 6.92 Å². The molecule has 0 fully saturated rings. The topological polar surface area (TPSA) is 55.1 Å². The monoisotopic (exact) mass is 340 g/mol. The number of benzene rings is 2. The summed E-state index contributed by atoms with van der Waals surface area (Å²) in [5.74, 6) is -1.86. The van der Waals surface area contributed by atoms with Crippen molar-refractivity contribution in [2.24, 2.45) is 0 Å². The number of carbonyl (C=O) groups is 1. The molecule has 2 aromatic rings. The van der Waals surface area contributed by atoms with E-state index < -0.39 is 17.5 Å². The summed E-state index contributed by atoms with van der Waals surface area (Å²) in [5, 5.41) is 2.32. The summed E-state index contributed by atoms with van der Waals surface area (Å²) in [6, 6.07) is 6.72. The lowest BCUT2D eigenvalue weighted by atomic mass is 10.1. The maximum absolute atomic E-state index is 13.7. The number of rotatable bonds is 2. The second-order valence-corrected chi connectivity index (χ2v) is 5.04. The third kappa shape index (κ3) is 2.80. The molecule has 0 spiro atoms. The first kappa shape index (κ1) is 14.5. The zero-order valence-electron chi connectivity index (χ0n) is 10.5. The summed E-state index contributed by atoms with van der Waals surface area (Å²) < 4.78 is 27.5. The van der Waals surface area contributed by atoms with Crippen LogP contribution >= 0.6 is 15.9 Å². The molecule has 2 aromatic carbocycles. The number of halogens is 3. The van der Waals surface area contributed by atoms with Gasteiger partial charge in [0.15, 0.2) is 0 Å². The number of nitrogens with one attached hydrogen (secondary N) is 1. The molecule has 104 valence electrons. The number of hydrogen-bond donors (Lipinski definition) is 2. The van der Waals surface area contributed by atoms with Gasteiger partial charge in [0.05, 0.1) is 15.7 Å². The van der Waals surface area contributed by atoms with Gasteiger partial charge in [-0.25, -0.2) is 8.78 Å². The van der Waals surface area contributed by atoms with E-state index in [1.165, 1.54) is 13.0 Å². The molecular weight excluding hydrogens is 330 g/mol. The Bertz CT molecular complexity index is 689. The lowest BCUT2D eigenvalue weighted by Crippen LogP contribution is -2.14. The van der Waals surface area contributed by atoms with E-state index in [0.717, 1.165) is 12.1 Å². The SMILES string of the molecule is Cc1cc(F)c(NC(=O)c2cccc(N)c2Br)cc1F. The minimum Gasteiger partial charge on any atom is -0.398 e. The van der Waals surface area contributed by atoms with E-state index in [1.807, 2.05) is 0 Å². The fourth-order valence-corrected chi connectivity index (χ4v) is 2.10. The number of nitrogen functional groups attached to an aromatic ring is 1. The van der Waals surface area contributed by atoms with Crippen molar-refractivity contribution in [3.63, 3.8) is 0 Å². The maximum atomic E-state index is 13.7. The normalized spacial score (nSPS) is 10.4. The number of anilines is 2. The van der Waals surface area contributed by atoms with E-state index in [0.29, 0.717) is 10.2 Å². The maximum Gasteiger partial charge on any atom is 0.256 e. The highest BCUT2D eigenvalue weighted by atomic mass is 79.9. The molecule has 3 nitrogen and oxygen atoms in total. The van der Waals surface area contributed by atoms with Crippen molar-refractivity contribution in [2.75, 3.05) is 11.1 Å². The second-order valence-electron chi connectivity index (χ2n) is 4.24. The van der Waals surface area contributed by atoms with E-state index in [2.05, 4.69) is 21.2 Å². The van der Waals surface area contributed by atoms with Crippen LogP contribution in [0.4, 0.5) is 20.2 Å². The second kappa shape index (κ2) is 5.58. The van der Waals surface area contributed by atoms with Crippen LogP contribution in [-0.4, -0.2) is 5.91 Å². The lowest BCUT2D eigenvalue weighted by molar-refractivity contribution is 0.102. The fraction of sp³-hybridized carbons (Fsp3) is 0.0714. The summed E-state index contributed by atoms with van der Waals surface area (Å²) in [6.07, 6.45) is 0. The van der Waals surface area contributed by atoms with Gasteiger partial charge in [-0.3, -0.25) is 4.79 Å². The molecule has 0 saturated carbocycles. The highest BCUT2D eigenvalue weighted by molar-refractivity contribution is 9.10. The first-order valence-corrected chi connectivity index (χ1v) is 6.50. The molecule has 0 aromatic heterocycles. The molecule has 0 aliphatic carbocycles. The first-order valence-electron chi connectivity index (χ1n) is 5.71. The molecule has 3 N–H and O–H groups in total.